The van der Waals surface area contributed by atoms with Gasteiger partial charge in [0.05, 0.1) is 0 Å². The summed E-state index contributed by atoms with van der Waals surface area (Å²) in [6.07, 6.45) is 1.32. The van der Waals surface area contributed by atoms with E-state index in [-0.39, 0.29) is 11.7 Å². The highest BCUT2D eigenvalue weighted by Gasteiger charge is 2.11. The first kappa shape index (κ1) is 10.7. The van der Waals surface area contributed by atoms with Crippen molar-refractivity contribution in [2.75, 3.05) is 6.54 Å². The molecule has 1 aromatic rings. The summed E-state index contributed by atoms with van der Waals surface area (Å²) in [5, 5.41) is 8.92. The Morgan fingerprint density at radius 1 is 1.57 bits per heavy atom. The smallest absolute Gasteiger partial charge is 0.288 e. The van der Waals surface area contributed by atoms with E-state index in [1.165, 1.54) is 6.33 Å². The van der Waals surface area contributed by atoms with Crippen LogP contribution in [0.15, 0.2) is 6.33 Å². The molecule has 0 saturated carbocycles. The monoisotopic (exact) mass is 196 g/mol. The molecule has 78 valence electrons. The number of H-pyrrole nitrogens is 1. The lowest BCUT2D eigenvalue weighted by molar-refractivity contribution is 0.0935. The van der Waals surface area contributed by atoms with E-state index in [1.807, 2.05) is 0 Å². The van der Waals surface area contributed by atoms with Gasteiger partial charge in [-0.15, -0.1) is 0 Å². The minimum atomic E-state index is -0.199. The first-order valence-corrected chi connectivity index (χ1v) is 4.74. The molecular weight excluding hydrogens is 180 g/mol. The van der Waals surface area contributed by atoms with Crippen molar-refractivity contribution in [3.8, 4) is 0 Å². The van der Waals surface area contributed by atoms with Crippen LogP contribution in [-0.4, -0.2) is 27.6 Å². The molecule has 0 radical (unpaired) electrons. The summed E-state index contributed by atoms with van der Waals surface area (Å²) in [5.41, 5.74) is 0. The first-order chi connectivity index (χ1) is 6.61. The third-order valence-corrected chi connectivity index (χ3v) is 2.35. The molecule has 1 atom stereocenters. The van der Waals surface area contributed by atoms with Gasteiger partial charge in [-0.2, -0.15) is 5.10 Å². The molecule has 5 nitrogen and oxygen atoms in total. The third kappa shape index (κ3) is 2.83. The largest absolute Gasteiger partial charge is 0.349 e. The summed E-state index contributed by atoms with van der Waals surface area (Å²) < 4.78 is 0. The van der Waals surface area contributed by atoms with E-state index in [9.17, 15) is 4.79 Å². The molecular formula is C9H16N4O. The number of carbonyl (C=O) groups is 1. The van der Waals surface area contributed by atoms with Crippen molar-refractivity contribution in [1.82, 2.24) is 20.5 Å². The number of carbonyl (C=O) groups excluding carboxylic acids is 1. The number of amides is 1. The van der Waals surface area contributed by atoms with Gasteiger partial charge in [-0.1, -0.05) is 20.8 Å². The second-order valence-electron chi connectivity index (χ2n) is 3.77. The maximum atomic E-state index is 11.4. The summed E-state index contributed by atoms with van der Waals surface area (Å²) in [7, 11) is 0. The van der Waals surface area contributed by atoms with Gasteiger partial charge in [0.1, 0.15) is 6.33 Å². The van der Waals surface area contributed by atoms with Crippen molar-refractivity contribution in [1.29, 1.82) is 0 Å². The molecule has 1 unspecified atom stereocenters. The lowest BCUT2D eigenvalue weighted by Gasteiger charge is -2.15. The average Bonchev–Trinajstić information content (AvgIpc) is 2.66. The quantitative estimate of drug-likeness (QED) is 0.749. The van der Waals surface area contributed by atoms with Crippen molar-refractivity contribution in [3.05, 3.63) is 12.2 Å². The lowest BCUT2D eigenvalue weighted by Crippen LogP contribution is -2.30. The summed E-state index contributed by atoms with van der Waals surface area (Å²) in [5.74, 6) is 1.09. The van der Waals surface area contributed by atoms with Gasteiger partial charge >= 0.3 is 0 Å². The highest BCUT2D eigenvalue weighted by Crippen LogP contribution is 2.07. The van der Waals surface area contributed by atoms with Gasteiger partial charge in [-0.3, -0.25) is 9.89 Å². The Morgan fingerprint density at radius 2 is 2.29 bits per heavy atom. The normalized spacial score (nSPS) is 12.9. The molecule has 0 fully saturated rings. The van der Waals surface area contributed by atoms with E-state index in [0.717, 1.165) is 0 Å². The maximum Gasteiger partial charge on any atom is 0.288 e. The van der Waals surface area contributed by atoms with Crippen LogP contribution in [0.5, 0.6) is 0 Å². The fourth-order valence-electron chi connectivity index (χ4n) is 0.888. The zero-order valence-corrected chi connectivity index (χ0v) is 8.74. The fourth-order valence-corrected chi connectivity index (χ4v) is 0.888. The molecule has 0 spiro atoms. The van der Waals surface area contributed by atoms with E-state index in [2.05, 4.69) is 41.3 Å². The van der Waals surface area contributed by atoms with E-state index in [4.69, 9.17) is 0 Å². The number of hydrogen-bond donors (Lipinski definition) is 2. The highest BCUT2D eigenvalue weighted by atomic mass is 16.2. The molecule has 2 N–H and O–H groups in total. The van der Waals surface area contributed by atoms with Gasteiger partial charge < -0.3 is 5.32 Å². The number of rotatable bonds is 4. The van der Waals surface area contributed by atoms with E-state index < -0.39 is 0 Å². The Labute approximate surface area is 83.3 Å². The summed E-state index contributed by atoms with van der Waals surface area (Å²) in [6, 6.07) is 0. The molecule has 0 saturated heterocycles. The van der Waals surface area contributed by atoms with Crippen LogP contribution in [0.3, 0.4) is 0 Å². The Balaban J connectivity index is 2.36. The van der Waals surface area contributed by atoms with E-state index in [0.29, 0.717) is 18.4 Å². The number of aromatic amines is 1. The van der Waals surface area contributed by atoms with E-state index in [1.54, 1.807) is 0 Å². The van der Waals surface area contributed by atoms with Gasteiger partial charge in [0.25, 0.3) is 5.91 Å². The predicted molar refractivity (Wildman–Crippen MR) is 52.7 cm³/mol. The molecule has 1 aromatic heterocycles. The Hall–Kier alpha value is -1.39. The van der Waals surface area contributed by atoms with Crippen LogP contribution in [0, 0.1) is 11.8 Å². The molecule has 1 amide bonds. The SMILES string of the molecule is CC(C)C(C)CNC(=O)c1ncn[nH]1. The predicted octanol–water partition coefficient (Wildman–Crippen LogP) is 0.827. The topological polar surface area (TPSA) is 70.7 Å². The van der Waals surface area contributed by atoms with Crippen LogP contribution in [0.4, 0.5) is 0 Å². The van der Waals surface area contributed by atoms with Crippen molar-refractivity contribution < 1.29 is 4.79 Å². The first-order valence-electron chi connectivity index (χ1n) is 4.74. The summed E-state index contributed by atoms with van der Waals surface area (Å²) >= 11 is 0. The molecule has 0 aliphatic rings. The van der Waals surface area contributed by atoms with Crippen molar-refractivity contribution in [2.45, 2.75) is 20.8 Å². The molecule has 14 heavy (non-hydrogen) atoms. The summed E-state index contributed by atoms with van der Waals surface area (Å²) in [6.45, 7) is 7.03. The minimum Gasteiger partial charge on any atom is -0.349 e. The Bertz CT molecular complexity index is 281. The number of nitrogens with one attached hydrogen (secondary N) is 2. The van der Waals surface area contributed by atoms with Crippen molar-refractivity contribution >= 4 is 5.91 Å². The summed E-state index contributed by atoms with van der Waals surface area (Å²) in [4.78, 5) is 15.1. The zero-order chi connectivity index (χ0) is 10.6. The molecule has 0 bridgehead atoms. The molecule has 1 rings (SSSR count). The van der Waals surface area contributed by atoms with Gasteiger partial charge in [0.15, 0.2) is 0 Å². The van der Waals surface area contributed by atoms with Crippen LogP contribution in [0.1, 0.15) is 31.4 Å². The minimum absolute atomic E-state index is 0.199. The second-order valence-corrected chi connectivity index (χ2v) is 3.77. The average molecular weight is 196 g/mol. The molecule has 1 heterocycles. The lowest BCUT2D eigenvalue weighted by atomic mass is 9.98. The van der Waals surface area contributed by atoms with Crippen LogP contribution in [0.2, 0.25) is 0 Å². The number of hydrogen-bond acceptors (Lipinski definition) is 3. The number of aromatic nitrogens is 3. The molecule has 5 heteroatoms. The third-order valence-electron chi connectivity index (χ3n) is 2.35. The zero-order valence-electron chi connectivity index (χ0n) is 8.74. The van der Waals surface area contributed by atoms with Gasteiger partial charge in [0, 0.05) is 6.54 Å². The number of nitrogens with zero attached hydrogens (tertiary/aromatic N) is 2. The highest BCUT2D eigenvalue weighted by molar-refractivity contribution is 5.90. The van der Waals surface area contributed by atoms with Crippen LogP contribution in [0.25, 0.3) is 0 Å². The standard InChI is InChI=1S/C9H16N4O/c1-6(2)7(3)4-10-9(14)8-11-5-12-13-8/h5-7H,4H2,1-3H3,(H,10,14)(H,11,12,13). The fraction of sp³-hybridized carbons (Fsp3) is 0.667. The van der Waals surface area contributed by atoms with Crippen LogP contribution < -0.4 is 5.32 Å². The maximum absolute atomic E-state index is 11.4. The Kier molecular flexibility index (Phi) is 3.62. The molecule has 0 aliphatic carbocycles. The van der Waals surface area contributed by atoms with Crippen molar-refractivity contribution in [2.24, 2.45) is 11.8 Å². The van der Waals surface area contributed by atoms with E-state index >= 15 is 0 Å². The Morgan fingerprint density at radius 3 is 2.79 bits per heavy atom. The van der Waals surface area contributed by atoms with Crippen LogP contribution in [-0.2, 0) is 0 Å². The van der Waals surface area contributed by atoms with Gasteiger partial charge in [-0.25, -0.2) is 4.98 Å². The van der Waals surface area contributed by atoms with Gasteiger partial charge in [0.2, 0.25) is 5.82 Å². The van der Waals surface area contributed by atoms with Crippen molar-refractivity contribution in [3.63, 3.8) is 0 Å². The molecule has 0 aromatic carbocycles. The van der Waals surface area contributed by atoms with Crippen LogP contribution >= 0.6 is 0 Å². The second kappa shape index (κ2) is 4.74. The molecule has 0 aliphatic heterocycles. The van der Waals surface area contributed by atoms with Gasteiger partial charge in [-0.05, 0) is 11.8 Å².